The van der Waals surface area contributed by atoms with E-state index < -0.39 is 10.4 Å². The van der Waals surface area contributed by atoms with Crippen molar-refractivity contribution in [3.05, 3.63) is 54.3 Å². The summed E-state index contributed by atoms with van der Waals surface area (Å²) < 4.78 is 35.0. The average Bonchev–Trinajstić information content (AvgIpc) is 2.44. The third kappa shape index (κ3) is 6.30. The van der Waals surface area contributed by atoms with Crippen molar-refractivity contribution in [3.8, 4) is 0 Å². The first-order valence-corrected chi connectivity index (χ1v) is 7.29. The minimum absolute atomic E-state index is 0.808. The summed E-state index contributed by atoms with van der Waals surface area (Å²) in [6, 6.07) is 11.9. The Labute approximate surface area is 123 Å². The molecule has 0 unspecified atom stereocenters. The summed E-state index contributed by atoms with van der Waals surface area (Å²) in [5, 5.41) is 0. The third-order valence-electron chi connectivity index (χ3n) is 2.49. The summed E-state index contributed by atoms with van der Waals surface area (Å²) in [4.78, 5) is 4.57. The van der Waals surface area contributed by atoms with Crippen molar-refractivity contribution < 1.29 is 21.7 Å². The molecule has 0 radical (unpaired) electrons. The van der Waals surface area contributed by atoms with Gasteiger partial charge >= 0.3 is 5.82 Å². The molecule has 0 saturated heterocycles. The van der Waals surface area contributed by atoms with Gasteiger partial charge in [0.25, 0.3) is 0 Å². The van der Waals surface area contributed by atoms with Crippen LogP contribution in [-0.2, 0) is 28.7 Å². The Hall–Kier alpha value is -2.03. The quantitative estimate of drug-likeness (QED) is 0.449. The van der Waals surface area contributed by atoms with Gasteiger partial charge in [-0.25, -0.2) is 13.0 Å². The molecule has 8 heteroatoms. The number of pyridine rings is 2. The number of hydrogen-bond acceptors (Lipinski definition) is 5. The maximum absolute atomic E-state index is 9.22. The standard InChI is InChI=1S/C12H14N3.CH4O4S/c1-14-9-5-3-7-11(14)13-12-8-4-6-10-15(12)2;1-5-6(2,3)4/h3-10H,1-2H3;1H3,(H,2,3,4)/q+1;/p-1. The highest BCUT2D eigenvalue weighted by atomic mass is 32.3. The molecule has 0 amide bonds. The lowest BCUT2D eigenvalue weighted by Gasteiger charge is -1.98. The van der Waals surface area contributed by atoms with Crippen LogP contribution >= 0.6 is 0 Å². The fraction of sp³-hybridized carbons (Fsp3) is 0.231. The van der Waals surface area contributed by atoms with Crippen LogP contribution in [0.3, 0.4) is 0 Å². The minimum Gasteiger partial charge on any atom is -0.726 e. The summed E-state index contributed by atoms with van der Waals surface area (Å²) in [5.41, 5.74) is 0.944. The second-order valence-electron chi connectivity index (χ2n) is 4.03. The van der Waals surface area contributed by atoms with Crippen molar-refractivity contribution >= 4 is 16.2 Å². The minimum atomic E-state index is -4.41. The summed E-state index contributed by atoms with van der Waals surface area (Å²) in [7, 11) is 0.372. The topological polar surface area (TPSA) is 87.6 Å². The highest BCUT2D eigenvalue weighted by Gasteiger charge is 2.02. The van der Waals surface area contributed by atoms with Gasteiger partial charge in [-0.2, -0.15) is 0 Å². The number of nitrogens with zero attached hydrogens (tertiary/aromatic N) is 3. The van der Waals surface area contributed by atoms with Crippen LogP contribution in [0.1, 0.15) is 0 Å². The molecule has 21 heavy (non-hydrogen) atoms. The van der Waals surface area contributed by atoms with E-state index in [1.165, 1.54) is 0 Å². The summed E-state index contributed by atoms with van der Waals surface area (Å²) in [5.74, 6) is 0.944. The summed E-state index contributed by atoms with van der Waals surface area (Å²) in [6.07, 6.45) is 3.98. The van der Waals surface area contributed by atoms with Crippen LogP contribution < -0.4 is 10.1 Å². The molecule has 0 aromatic carbocycles. The van der Waals surface area contributed by atoms with Gasteiger partial charge in [0.1, 0.15) is 0 Å². The molecular formula is C13H17N3O4S. The van der Waals surface area contributed by atoms with Gasteiger partial charge in [-0.15, -0.1) is 0 Å². The van der Waals surface area contributed by atoms with Gasteiger partial charge in [0.2, 0.25) is 15.9 Å². The Morgan fingerprint density at radius 2 is 1.86 bits per heavy atom. The van der Waals surface area contributed by atoms with Crippen molar-refractivity contribution in [3.63, 3.8) is 0 Å². The van der Waals surface area contributed by atoms with Gasteiger partial charge in [0.05, 0.1) is 20.4 Å². The van der Waals surface area contributed by atoms with E-state index in [4.69, 9.17) is 0 Å². The van der Waals surface area contributed by atoms with Gasteiger partial charge in [0.15, 0.2) is 0 Å². The summed E-state index contributed by atoms with van der Waals surface area (Å²) >= 11 is 0. The Kier molecular flexibility index (Phi) is 6.22. The van der Waals surface area contributed by atoms with Crippen molar-refractivity contribution in [2.75, 3.05) is 7.11 Å². The van der Waals surface area contributed by atoms with Gasteiger partial charge in [-0.05, 0) is 17.1 Å². The van der Waals surface area contributed by atoms with Crippen LogP contribution in [0.15, 0.2) is 53.8 Å². The zero-order chi connectivity index (χ0) is 15.9. The Bertz CT molecular complexity index is 754. The van der Waals surface area contributed by atoms with E-state index >= 15 is 0 Å². The van der Waals surface area contributed by atoms with E-state index in [9.17, 15) is 13.0 Å². The molecule has 0 atom stereocenters. The van der Waals surface area contributed by atoms with Gasteiger partial charge < -0.3 is 9.12 Å². The Morgan fingerprint density at radius 3 is 2.38 bits per heavy atom. The molecule has 7 nitrogen and oxygen atoms in total. The van der Waals surface area contributed by atoms with E-state index in [2.05, 4.69) is 9.18 Å². The van der Waals surface area contributed by atoms with E-state index in [0.29, 0.717) is 0 Å². The fourth-order valence-electron chi connectivity index (χ4n) is 1.38. The fourth-order valence-corrected chi connectivity index (χ4v) is 1.38. The zero-order valence-corrected chi connectivity index (χ0v) is 12.8. The molecule has 2 aromatic heterocycles. The largest absolute Gasteiger partial charge is 0.726 e. The predicted molar refractivity (Wildman–Crippen MR) is 75.0 cm³/mol. The zero-order valence-electron chi connectivity index (χ0n) is 12.0. The SMILES string of the molecule is COS(=O)(=O)[O-].Cn1ccccc1=Nc1cccc[n+]1C. The highest BCUT2D eigenvalue weighted by molar-refractivity contribution is 7.80. The molecule has 0 bridgehead atoms. The van der Waals surface area contributed by atoms with Crippen LogP contribution in [0.4, 0.5) is 5.82 Å². The number of rotatable bonds is 2. The third-order valence-corrected chi connectivity index (χ3v) is 2.90. The molecule has 0 aliphatic heterocycles. The molecule has 2 heterocycles. The van der Waals surface area contributed by atoms with E-state index in [-0.39, 0.29) is 0 Å². The van der Waals surface area contributed by atoms with Crippen molar-refractivity contribution in [1.29, 1.82) is 0 Å². The molecule has 0 aliphatic carbocycles. The van der Waals surface area contributed by atoms with Crippen LogP contribution in [0.25, 0.3) is 0 Å². The average molecular weight is 311 g/mol. The first kappa shape index (κ1) is 17.0. The van der Waals surface area contributed by atoms with Gasteiger partial charge in [0, 0.05) is 25.4 Å². The van der Waals surface area contributed by atoms with E-state index in [1.807, 2.05) is 72.0 Å². The predicted octanol–water partition coefficient (Wildman–Crippen LogP) is 0.175. The molecule has 0 N–H and O–H groups in total. The number of aryl methyl sites for hydroxylation is 2. The van der Waals surface area contributed by atoms with Crippen molar-refractivity contribution in [2.24, 2.45) is 19.1 Å². The van der Waals surface area contributed by atoms with Crippen LogP contribution in [-0.4, -0.2) is 24.6 Å². The smallest absolute Gasteiger partial charge is 0.325 e. The lowest BCUT2D eigenvalue weighted by atomic mass is 10.4. The van der Waals surface area contributed by atoms with Crippen LogP contribution in [0.5, 0.6) is 0 Å². The van der Waals surface area contributed by atoms with Crippen LogP contribution in [0, 0.1) is 0 Å². The van der Waals surface area contributed by atoms with Crippen molar-refractivity contribution in [1.82, 2.24) is 4.57 Å². The molecule has 0 spiro atoms. The second-order valence-corrected chi connectivity index (χ2v) is 5.18. The van der Waals surface area contributed by atoms with Crippen molar-refractivity contribution in [2.45, 2.75) is 0 Å². The first-order valence-electron chi connectivity index (χ1n) is 5.96. The monoisotopic (exact) mass is 311 g/mol. The molecule has 0 fully saturated rings. The maximum Gasteiger partial charge on any atom is 0.325 e. The Morgan fingerprint density at radius 1 is 1.24 bits per heavy atom. The molecular weight excluding hydrogens is 294 g/mol. The highest BCUT2D eigenvalue weighted by Crippen LogP contribution is 1.99. The second kappa shape index (κ2) is 7.67. The lowest BCUT2D eigenvalue weighted by Crippen LogP contribution is -2.28. The number of aromatic nitrogens is 2. The Balaban J connectivity index is 0.000000315. The van der Waals surface area contributed by atoms with Gasteiger partial charge in [-0.1, -0.05) is 12.1 Å². The molecule has 114 valence electrons. The first-order chi connectivity index (χ1) is 9.83. The molecule has 0 aliphatic rings. The van der Waals surface area contributed by atoms with E-state index in [1.54, 1.807) is 0 Å². The van der Waals surface area contributed by atoms with Crippen LogP contribution in [0.2, 0.25) is 0 Å². The lowest BCUT2D eigenvalue weighted by molar-refractivity contribution is -0.658. The van der Waals surface area contributed by atoms with Gasteiger partial charge in [-0.3, -0.25) is 4.18 Å². The normalized spacial score (nSPS) is 11.7. The maximum atomic E-state index is 9.22. The van der Waals surface area contributed by atoms with E-state index in [0.717, 1.165) is 18.4 Å². The molecule has 2 rings (SSSR count). The summed E-state index contributed by atoms with van der Waals surface area (Å²) in [6.45, 7) is 0. The molecule has 0 saturated carbocycles. The molecule has 2 aromatic rings. The number of hydrogen-bond donors (Lipinski definition) is 0.